The van der Waals surface area contributed by atoms with Gasteiger partial charge in [-0.05, 0) is 53.3 Å². The summed E-state index contributed by atoms with van der Waals surface area (Å²) in [5, 5.41) is 6.32. The van der Waals surface area contributed by atoms with Gasteiger partial charge in [0.2, 0.25) is 11.8 Å². The molecular weight excluding hydrogens is 536 g/mol. The van der Waals surface area contributed by atoms with Crippen molar-refractivity contribution in [1.82, 2.24) is 20.1 Å². The second-order valence-electron chi connectivity index (χ2n) is 9.66. The summed E-state index contributed by atoms with van der Waals surface area (Å²) >= 11 is 0. The second-order valence-corrected chi connectivity index (χ2v) is 9.66. The lowest BCUT2D eigenvalue weighted by molar-refractivity contribution is -0.127. The quantitative estimate of drug-likeness (QED) is 0.168. The van der Waals surface area contributed by atoms with Gasteiger partial charge >= 0.3 is 6.18 Å². The molecule has 0 radical (unpaired) electrons. The lowest BCUT2D eigenvalue weighted by Crippen LogP contribution is -2.41. The van der Waals surface area contributed by atoms with Crippen molar-refractivity contribution in [3.8, 4) is 17.7 Å². The number of hydrogen-bond donors (Lipinski definition) is 1. The number of hydrogen-bond acceptors (Lipinski definition) is 4. The molecule has 1 N–H and O–H groups in total. The molecule has 3 heterocycles. The van der Waals surface area contributed by atoms with Crippen LogP contribution in [0.5, 0.6) is 5.88 Å². The predicted molar refractivity (Wildman–Crippen MR) is 147 cm³/mol. The Bertz CT molecular complexity index is 1630. The molecule has 0 atom stereocenters. The van der Waals surface area contributed by atoms with Crippen LogP contribution in [-0.4, -0.2) is 51.4 Å². The molecule has 2 aromatic carbocycles. The second kappa shape index (κ2) is 11.8. The van der Waals surface area contributed by atoms with Gasteiger partial charge in [-0.1, -0.05) is 42.3 Å². The summed E-state index contributed by atoms with van der Waals surface area (Å²) in [5.74, 6) is 4.51. The number of nitrogens with zero attached hydrogens (tertiary/aromatic N) is 3. The molecule has 2 aromatic heterocycles. The monoisotopic (exact) mass is 562 g/mol. The van der Waals surface area contributed by atoms with Gasteiger partial charge in [0.15, 0.2) is 0 Å². The Morgan fingerprint density at radius 2 is 1.78 bits per heavy atom. The molecule has 0 bridgehead atoms. The Balaban J connectivity index is 1.50. The highest BCUT2D eigenvalue weighted by Gasteiger charge is 2.32. The number of amides is 1. The van der Waals surface area contributed by atoms with Crippen molar-refractivity contribution in [3.05, 3.63) is 89.5 Å². The molecule has 0 aliphatic carbocycles. The first kappa shape index (κ1) is 27.9. The summed E-state index contributed by atoms with van der Waals surface area (Å²) in [6.07, 6.45) is -3.20. The van der Waals surface area contributed by atoms with Crippen LogP contribution in [0.15, 0.2) is 66.9 Å². The van der Waals surface area contributed by atoms with Crippen molar-refractivity contribution < 1.29 is 27.1 Å². The number of carbonyl (C=O) groups is 1. The fourth-order valence-corrected chi connectivity index (χ4v) is 4.96. The van der Waals surface area contributed by atoms with E-state index >= 15 is 0 Å². The van der Waals surface area contributed by atoms with Crippen LogP contribution in [0.2, 0.25) is 0 Å². The van der Waals surface area contributed by atoms with Crippen LogP contribution < -0.4 is 4.74 Å². The van der Waals surface area contributed by atoms with Crippen molar-refractivity contribution in [3.63, 3.8) is 0 Å². The fraction of sp³-hybridized carbons (Fsp3) is 0.258. The third-order valence-electron chi connectivity index (χ3n) is 6.88. The summed E-state index contributed by atoms with van der Waals surface area (Å²) in [4.78, 5) is 18.1. The van der Waals surface area contributed by atoms with Gasteiger partial charge in [0.1, 0.15) is 6.10 Å². The van der Waals surface area contributed by atoms with Gasteiger partial charge in [-0.15, -0.1) is 5.10 Å². The maximum absolute atomic E-state index is 14.4. The van der Waals surface area contributed by atoms with Gasteiger partial charge in [-0.2, -0.15) is 17.6 Å². The number of halogens is 4. The van der Waals surface area contributed by atoms with Crippen molar-refractivity contribution in [2.75, 3.05) is 13.1 Å². The van der Waals surface area contributed by atoms with E-state index in [2.05, 4.69) is 27.0 Å². The van der Waals surface area contributed by atoms with E-state index < -0.39 is 18.5 Å². The molecule has 0 spiro atoms. The number of benzene rings is 2. The molecule has 1 saturated heterocycles. The predicted octanol–water partition coefficient (Wildman–Crippen LogP) is 6.40. The molecule has 6 nitrogen and oxygen atoms in total. The zero-order chi connectivity index (χ0) is 29.0. The number of nitrogens with one attached hydrogen (secondary N) is 1. The van der Waals surface area contributed by atoms with E-state index in [0.29, 0.717) is 54.0 Å². The highest BCUT2D eigenvalue weighted by molar-refractivity contribution is 6.00. The first-order valence-electron chi connectivity index (χ1n) is 13.1. The zero-order valence-corrected chi connectivity index (χ0v) is 22.1. The smallest absolute Gasteiger partial charge is 0.393 e. The van der Waals surface area contributed by atoms with Crippen LogP contribution in [0, 0.1) is 17.8 Å². The van der Waals surface area contributed by atoms with E-state index in [1.807, 2.05) is 0 Å². The van der Waals surface area contributed by atoms with Gasteiger partial charge in [0.05, 0.1) is 17.3 Å². The summed E-state index contributed by atoms with van der Waals surface area (Å²) in [6, 6.07) is 16.3. The highest BCUT2D eigenvalue weighted by Crippen LogP contribution is 2.40. The van der Waals surface area contributed by atoms with E-state index in [4.69, 9.17) is 4.74 Å². The molecule has 1 amide bonds. The Morgan fingerprint density at radius 3 is 2.44 bits per heavy atom. The van der Waals surface area contributed by atoms with E-state index in [0.717, 1.165) is 0 Å². The van der Waals surface area contributed by atoms with Crippen LogP contribution in [0.4, 0.5) is 17.6 Å². The van der Waals surface area contributed by atoms with Gasteiger partial charge in [0.25, 0.3) is 5.91 Å². The highest BCUT2D eigenvalue weighted by atomic mass is 19.4. The van der Waals surface area contributed by atoms with Gasteiger partial charge in [-0.3, -0.25) is 9.89 Å². The number of pyridine rings is 1. The summed E-state index contributed by atoms with van der Waals surface area (Å²) in [6.45, 7) is 2.63. The number of likely N-dealkylation sites (tertiary alicyclic amines) is 1. The van der Waals surface area contributed by atoms with Crippen LogP contribution >= 0.6 is 0 Å². The summed E-state index contributed by atoms with van der Waals surface area (Å²) in [5.41, 5.74) is 1.94. The van der Waals surface area contributed by atoms with Crippen molar-refractivity contribution in [2.24, 2.45) is 0 Å². The molecule has 0 saturated carbocycles. The van der Waals surface area contributed by atoms with Crippen LogP contribution in [-0.2, 0) is 4.79 Å². The maximum Gasteiger partial charge on any atom is 0.393 e. The van der Waals surface area contributed by atoms with E-state index in [1.54, 1.807) is 66.4 Å². The number of carbonyl (C=O) groups excluding carboxylic acids is 1. The van der Waals surface area contributed by atoms with Crippen LogP contribution in [0.3, 0.4) is 0 Å². The van der Waals surface area contributed by atoms with E-state index in [1.165, 1.54) is 12.3 Å². The molecule has 4 aromatic rings. The zero-order valence-electron chi connectivity index (χ0n) is 22.1. The third kappa shape index (κ3) is 6.57. The lowest BCUT2D eigenvalue weighted by atomic mass is 9.88. The number of fused-ring (bicyclic) bond motifs is 1. The van der Waals surface area contributed by atoms with Gasteiger partial charge in [-0.25, -0.2) is 4.98 Å². The molecule has 41 heavy (non-hydrogen) atoms. The minimum absolute atomic E-state index is 0.0315. The van der Waals surface area contributed by atoms with E-state index in [-0.39, 0.29) is 28.5 Å². The number of aromatic nitrogens is 3. The molecule has 0 unspecified atom stereocenters. The molecule has 1 aliphatic heterocycles. The standard InChI is InChI=1S/C31H26F4N4O2/c1-2-6-28(40)39-15-13-23(14-16-39)41-27-12-10-22(19-36-27)29(21-9-11-26-24(17-21)30(32)38-37-26)25(18-31(33,34)35)20-7-4-3-5-8-20/h3-5,7-12,17,19,23H,13-16,18H2,1H3,(H,37,38)/b29-25-. The number of piperidine rings is 1. The molecule has 5 rings (SSSR count). The van der Waals surface area contributed by atoms with Crippen LogP contribution in [0.1, 0.15) is 42.9 Å². The Morgan fingerprint density at radius 1 is 1.05 bits per heavy atom. The summed E-state index contributed by atoms with van der Waals surface area (Å²) < 4.78 is 62.2. The minimum Gasteiger partial charge on any atom is -0.474 e. The number of aromatic amines is 1. The molecule has 1 fully saturated rings. The molecule has 1 aliphatic rings. The van der Waals surface area contributed by atoms with Crippen molar-refractivity contribution >= 4 is 28.0 Å². The van der Waals surface area contributed by atoms with E-state index in [9.17, 15) is 22.4 Å². The summed E-state index contributed by atoms with van der Waals surface area (Å²) in [7, 11) is 0. The Labute approximate surface area is 234 Å². The SMILES string of the molecule is CC#CC(=O)N1CCC(Oc2ccc(/C(=C(/CC(F)(F)F)c3ccccc3)c3ccc4[nH]nc(F)c4c3)cn2)CC1. The Hall–Kier alpha value is -4.65. The number of ether oxygens (including phenoxy) is 1. The molecule has 10 heteroatoms. The van der Waals surface area contributed by atoms with Crippen molar-refractivity contribution in [2.45, 2.75) is 38.5 Å². The first-order chi connectivity index (χ1) is 19.7. The normalized spacial score (nSPS) is 14.8. The van der Waals surface area contributed by atoms with Crippen molar-refractivity contribution in [1.29, 1.82) is 0 Å². The number of rotatable bonds is 6. The number of allylic oxidation sites excluding steroid dienone is 1. The largest absolute Gasteiger partial charge is 0.474 e. The molecule has 210 valence electrons. The average molecular weight is 563 g/mol. The topological polar surface area (TPSA) is 71.1 Å². The number of alkyl halides is 3. The third-order valence-corrected chi connectivity index (χ3v) is 6.88. The average Bonchev–Trinajstić information content (AvgIpc) is 3.34. The first-order valence-corrected chi connectivity index (χ1v) is 13.1. The number of H-pyrrole nitrogens is 1. The lowest BCUT2D eigenvalue weighted by Gasteiger charge is -2.30. The van der Waals surface area contributed by atoms with Gasteiger partial charge < -0.3 is 9.64 Å². The minimum atomic E-state index is -4.50. The fourth-order valence-electron chi connectivity index (χ4n) is 4.96. The maximum atomic E-state index is 14.4. The Kier molecular flexibility index (Phi) is 8.06. The molecular formula is C31H26F4N4O2. The van der Waals surface area contributed by atoms with Crippen LogP contribution in [0.25, 0.3) is 22.0 Å². The van der Waals surface area contributed by atoms with Gasteiger partial charge in [0, 0.05) is 43.8 Å².